The first-order valence-corrected chi connectivity index (χ1v) is 9.46. The number of nitrogens with zero attached hydrogens (tertiary/aromatic N) is 2. The molecule has 3 aromatic rings. The van der Waals surface area contributed by atoms with Gasteiger partial charge in [0.05, 0.1) is 17.9 Å². The van der Waals surface area contributed by atoms with Gasteiger partial charge in [0.15, 0.2) is 5.76 Å². The van der Waals surface area contributed by atoms with Crippen molar-refractivity contribution in [1.82, 2.24) is 4.98 Å². The van der Waals surface area contributed by atoms with Crippen molar-refractivity contribution in [2.75, 3.05) is 11.5 Å². The molecule has 0 fully saturated rings. The van der Waals surface area contributed by atoms with Crippen LogP contribution in [0.15, 0.2) is 84.4 Å². The Balaban J connectivity index is 1.71. The Hall–Kier alpha value is -3.60. The lowest BCUT2D eigenvalue weighted by Gasteiger charge is -2.27. The highest BCUT2D eigenvalue weighted by molar-refractivity contribution is 6.08. The van der Waals surface area contributed by atoms with Gasteiger partial charge in [0.2, 0.25) is 0 Å². The fraction of sp³-hybridized carbons (Fsp3) is 0.167. The number of hydrogen-bond donors (Lipinski definition) is 1. The van der Waals surface area contributed by atoms with Crippen LogP contribution in [0.3, 0.4) is 0 Å². The molecule has 0 spiro atoms. The number of carbonyl (C=O) groups excluding carboxylic acids is 1. The van der Waals surface area contributed by atoms with Crippen molar-refractivity contribution in [1.29, 1.82) is 0 Å². The lowest BCUT2D eigenvalue weighted by Crippen LogP contribution is -2.30. The second-order valence-electron chi connectivity index (χ2n) is 7.18. The molecular weight excluding hydrogens is 364 g/mol. The number of hydrogen-bond acceptors (Lipinski definition) is 4. The minimum Gasteiger partial charge on any atom is -0.503 e. The summed E-state index contributed by atoms with van der Waals surface area (Å²) in [6.07, 6.45) is 3.27. The number of benzene rings is 2. The van der Waals surface area contributed by atoms with E-state index in [1.807, 2.05) is 68.4 Å². The Morgan fingerprint density at radius 2 is 1.66 bits per heavy atom. The highest BCUT2D eigenvalue weighted by atomic mass is 16.5. The van der Waals surface area contributed by atoms with Gasteiger partial charge in [-0.2, -0.15) is 0 Å². The van der Waals surface area contributed by atoms with Crippen LogP contribution < -0.4 is 9.64 Å². The Labute approximate surface area is 169 Å². The van der Waals surface area contributed by atoms with Gasteiger partial charge in [0.25, 0.3) is 5.91 Å². The summed E-state index contributed by atoms with van der Waals surface area (Å²) in [6.45, 7) is 4.13. The van der Waals surface area contributed by atoms with E-state index in [-0.39, 0.29) is 12.4 Å². The molecule has 0 aliphatic carbocycles. The molecule has 1 aliphatic rings. The summed E-state index contributed by atoms with van der Waals surface area (Å²) in [7, 11) is 0. The maximum atomic E-state index is 13.0. The average molecular weight is 386 g/mol. The number of pyridine rings is 1. The molecule has 5 nitrogen and oxygen atoms in total. The summed E-state index contributed by atoms with van der Waals surface area (Å²) in [4.78, 5) is 18.7. The van der Waals surface area contributed by atoms with Crippen LogP contribution in [0.25, 0.3) is 0 Å². The topological polar surface area (TPSA) is 62.7 Å². The monoisotopic (exact) mass is 386 g/mol. The molecule has 0 saturated carbocycles. The minimum atomic E-state index is -0.460. The molecule has 1 amide bonds. The lowest BCUT2D eigenvalue weighted by molar-refractivity contribution is -0.117. The Kier molecular flexibility index (Phi) is 5.04. The van der Waals surface area contributed by atoms with Crippen molar-refractivity contribution >= 4 is 11.6 Å². The van der Waals surface area contributed by atoms with Gasteiger partial charge in [-0.05, 0) is 43.7 Å². The molecule has 1 unspecified atom stereocenters. The van der Waals surface area contributed by atoms with Crippen molar-refractivity contribution in [3.8, 4) is 5.75 Å². The van der Waals surface area contributed by atoms with Crippen LogP contribution >= 0.6 is 0 Å². The molecule has 146 valence electrons. The van der Waals surface area contributed by atoms with E-state index in [4.69, 9.17) is 4.74 Å². The van der Waals surface area contributed by atoms with E-state index in [9.17, 15) is 9.90 Å². The van der Waals surface area contributed by atoms with Gasteiger partial charge in [0, 0.05) is 11.8 Å². The molecule has 2 heterocycles. The zero-order valence-corrected chi connectivity index (χ0v) is 16.4. The number of aromatic nitrogens is 1. The van der Waals surface area contributed by atoms with E-state index < -0.39 is 11.9 Å². The minimum absolute atomic E-state index is 0.107. The van der Waals surface area contributed by atoms with Gasteiger partial charge in [-0.25, -0.2) is 0 Å². The first-order valence-electron chi connectivity index (χ1n) is 9.46. The Morgan fingerprint density at radius 3 is 2.28 bits per heavy atom. The molecule has 4 rings (SSSR count). The number of aliphatic hydroxyl groups is 1. The third-order valence-electron chi connectivity index (χ3n) is 5.05. The number of amides is 1. The second-order valence-corrected chi connectivity index (χ2v) is 7.18. The normalized spacial score (nSPS) is 16.4. The lowest BCUT2D eigenvalue weighted by atomic mass is 9.98. The third kappa shape index (κ3) is 3.72. The molecule has 0 saturated heterocycles. The van der Waals surface area contributed by atoms with Gasteiger partial charge in [-0.1, -0.05) is 47.5 Å². The summed E-state index contributed by atoms with van der Waals surface area (Å²) < 4.78 is 5.91. The van der Waals surface area contributed by atoms with Crippen molar-refractivity contribution in [3.05, 3.63) is 101 Å². The van der Waals surface area contributed by atoms with Gasteiger partial charge >= 0.3 is 0 Å². The van der Waals surface area contributed by atoms with E-state index in [2.05, 4.69) is 4.98 Å². The fourth-order valence-electron chi connectivity index (χ4n) is 3.46. The van der Waals surface area contributed by atoms with Crippen LogP contribution in [0, 0.1) is 13.8 Å². The summed E-state index contributed by atoms with van der Waals surface area (Å²) in [5.74, 6) is -0.0385. The van der Waals surface area contributed by atoms with E-state index in [1.165, 1.54) is 0 Å². The van der Waals surface area contributed by atoms with Crippen LogP contribution in [0.5, 0.6) is 5.75 Å². The first kappa shape index (κ1) is 18.7. The third-order valence-corrected chi connectivity index (χ3v) is 5.05. The van der Waals surface area contributed by atoms with Gasteiger partial charge in [-0.3, -0.25) is 14.7 Å². The van der Waals surface area contributed by atoms with Crippen molar-refractivity contribution in [3.63, 3.8) is 0 Å². The molecular formula is C24H22N2O3. The number of anilines is 1. The number of ether oxygens (including phenoxy) is 1. The van der Waals surface area contributed by atoms with E-state index in [0.717, 1.165) is 16.7 Å². The SMILES string of the molecule is Cc1ccc(OCC2=C(O)C(=O)N(c3cccnc3)C2c2ccc(C)cc2)cc1. The zero-order valence-electron chi connectivity index (χ0n) is 16.4. The molecule has 1 N–H and O–H groups in total. The first-order chi connectivity index (χ1) is 14.0. The Bertz CT molecular complexity index is 1040. The smallest absolute Gasteiger partial charge is 0.294 e. The van der Waals surface area contributed by atoms with Crippen LogP contribution in [-0.4, -0.2) is 22.6 Å². The summed E-state index contributed by atoms with van der Waals surface area (Å²) >= 11 is 0. The zero-order chi connectivity index (χ0) is 20.4. The van der Waals surface area contributed by atoms with E-state index in [1.54, 1.807) is 23.4 Å². The predicted molar refractivity (Wildman–Crippen MR) is 112 cm³/mol. The standard InChI is InChI=1S/C24H22N2O3/c1-16-5-9-18(10-6-16)22-21(15-29-20-11-7-17(2)8-12-20)23(27)24(28)26(22)19-4-3-13-25-14-19/h3-14,22,27H,15H2,1-2H3. The highest BCUT2D eigenvalue weighted by Gasteiger charge is 2.41. The van der Waals surface area contributed by atoms with Crippen LogP contribution in [-0.2, 0) is 4.79 Å². The molecule has 5 heteroatoms. The van der Waals surface area contributed by atoms with Gasteiger partial charge in [0.1, 0.15) is 12.4 Å². The number of aliphatic hydroxyl groups excluding tert-OH is 1. The maximum absolute atomic E-state index is 13.0. The predicted octanol–water partition coefficient (Wildman–Crippen LogP) is 4.68. The molecule has 2 aromatic carbocycles. The fourth-order valence-corrected chi connectivity index (χ4v) is 3.46. The van der Waals surface area contributed by atoms with Gasteiger partial charge < -0.3 is 9.84 Å². The maximum Gasteiger partial charge on any atom is 0.294 e. The molecule has 1 atom stereocenters. The van der Waals surface area contributed by atoms with E-state index in [0.29, 0.717) is 17.0 Å². The highest BCUT2D eigenvalue weighted by Crippen LogP contribution is 2.40. The molecule has 1 aliphatic heterocycles. The quantitative estimate of drug-likeness (QED) is 0.692. The van der Waals surface area contributed by atoms with Crippen LogP contribution in [0.4, 0.5) is 5.69 Å². The van der Waals surface area contributed by atoms with Crippen LogP contribution in [0.1, 0.15) is 22.7 Å². The van der Waals surface area contributed by atoms with Crippen molar-refractivity contribution < 1.29 is 14.6 Å². The Morgan fingerprint density at radius 1 is 1.00 bits per heavy atom. The molecule has 29 heavy (non-hydrogen) atoms. The summed E-state index contributed by atoms with van der Waals surface area (Å²) in [5, 5.41) is 10.7. The van der Waals surface area contributed by atoms with Crippen molar-refractivity contribution in [2.45, 2.75) is 19.9 Å². The largest absolute Gasteiger partial charge is 0.503 e. The number of carbonyl (C=O) groups is 1. The summed E-state index contributed by atoms with van der Waals surface area (Å²) in [6, 6.07) is 18.7. The van der Waals surface area contributed by atoms with Crippen LogP contribution in [0.2, 0.25) is 0 Å². The number of rotatable bonds is 5. The van der Waals surface area contributed by atoms with E-state index >= 15 is 0 Å². The molecule has 0 bridgehead atoms. The van der Waals surface area contributed by atoms with Gasteiger partial charge in [-0.15, -0.1) is 0 Å². The second kappa shape index (κ2) is 7.80. The van der Waals surface area contributed by atoms with Crippen molar-refractivity contribution in [2.24, 2.45) is 0 Å². The molecule has 1 aromatic heterocycles. The number of aryl methyl sites for hydroxylation is 2. The summed E-state index contributed by atoms with van der Waals surface area (Å²) in [5.41, 5.74) is 4.31. The average Bonchev–Trinajstić information content (AvgIpc) is 2.99. The molecule has 0 radical (unpaired) electrons.